The Balaban J connectivity index is 2.27. The van der Waals surface area contributed by atoms with E-state index >= 15 is 0 Å². The molecule has 2 rings (SSSR count). The number of nitrogens with zero attached hydrogens (tertiary/aromatic N) is 1. The maximum Gasteiger partial charge on any atom is 0.415 e. The van der Waals surface area contributed by atoms with Crippen molar-refractivity contribution in [3.63, 3.8) is 0 Å². The number of thiazole rings is 1. The van der Waals surface area contributed by atoms with Crippen molar-refractivity contribution in [3.8, 4) is 0 Å². The Hall–Kier alpha value is -1.43. The van der Waals surface area contributed by atoms with Gasteiger partial charge in [0.2, 0.25) is 6.10 Å². The molecular formula is C7H6N2O3S. The molecule has 1 N–H and O–H groups in total. The number of hydrogen-bond donors (Lipinski definition) is 1. The maximum atomic E-state index is 11.1. The molecule has 0 aromatic carbocycles. The molecule has 0 bridgehead atoms. The van der Waals surface area contributed by atoms with Gasteiger partial charge in [-0.25, -0.2) is 9.78 Å². The third-order valence-electron chi connectivity index (χ3n) is 1.55. The Morgan fingerprint density at radius 3 is 2.85 bits per heavy atom. The molecule has 0 spiro atoms. The molecule has 2 amide bonds. The number of rotatable bonds is 1. The first kappa shape index (κ1) is 8.18. The molecule has 1 saturated heterocycles. The van der Waals surface area contributed by atoms with Gasteiger partial charge in [0, 0.05) is 11.1 Å². The van der Waals surface area contributed by atoms with Crippen LogP contribution in [0.15, 0.2) is 6.20 Å². The fourth-order valence-corrected chi connectivity index (χ4v) is 1.81. The average Bonchev–Trinajstić information content (AvgIpc) is 2.58. The lowest BCUT2D eigenvalue weighted by Crippen LogP contribution is -2.20. The van der Waals surface area contributed by atoms with Crippen LogP contribution < -0.4 is 5.32 Å². The van der Waals surface area contributed by atoms with Gasteiger partial charge in [-0.2, -0.15) is 0 Å². The molecule has 1 unspecified atom stereocenters. The van der Waals surface area contributed by atoms with E-state index in [1.54, 1.807) is 6.20 Å². The predicted octanol–water partition coefficient (Wildman–Crippen LogP) is 0.759. The van der Waals surface area contributed by atoms with Crippen LogP contribution in [0.4, 0.5) is 4.79 Å². The minimum Gasteiger partial charge on any atom is -0.428 e. The molecule has 6 heteroatoms. The van der Waals surface area contributed by atoms with Crippen LogP contribution in [-0.4, -0.2) is 17.0 Å². The van der Waals surface area contributed by atoms with Crippen LogP contribution in [0.2, 0.25) is 0 Å². The minimum absolute atomic E-state index is 0.445. The third-order valence-corrected chi connectivity index (χ3v) is 2.51. The van der Waals surface area contributed by atoms with Gasteiger partial charge in [-0.05, 0) is 6.92 Å². The highest BCUT2D eigenvalue weighted by atomic mass is 32.1. The van der Waals surface area contributed by atoms with E-state index in [0.717, 1.165) is 4.88 Å². The number of aryl methyl sites for hydroxylation is 1. The standard InChI is InChI=1S/C7H6N2O3S/c1-3-2-8-6(13-3)4-5(10)9-7(11)12-4/h2,4H,1H3,(H,9,10,11). The van der Waals surface area contributed by atoms with Crippen molar-refractivity contribution in [1.29, 1.82) is 0 Å². The van der Waals surface area contributed by atoms with Crippen molar-refractivity contribution >= 4 is 23.3 Å². The summed E-state index contributed by atoms with van der Waals surface area (Å²) in [7, 11) is 0. The summed E-state index contributed by atoms with van der Waals surface area (Å²) < 4.78 is 4.72. The highest BCUT2D eigenvalue weighted by molar-refractivity contribution is 7.11. The summed E-state index contributed by atoms with van der Waals surface area (Å²) in [5, 5.41) is 2.56. The van der Waals surface area contributed by atoms with Gasteiger partial charge in [0.25, 0.3) is 5.91 Å². The van der Waals surface area contributed by atoms with Crippen LogP contribution in [0.5, 0.6) is 0 Å². The molecule has 5 nitrogen and oxygen atoms in total. The van der Waals surface area contributed by atoms with Crippen LogP contribution in [0.3, 0.4) is 0 Å². The monoisotopic (exact) mass is 198 g/mol. The molecule has 1 aliphatic heterocycles. The summed E-state index contributed by atoms with van der Waals surface area (Å²) in [4.78, 5) is 26.7. The molecule has 1 aromatic rings. The maximum absolute atomic E-state index is 11.1. The van der Waals surface area contributed by atoms with Gasteiger partial charge in [0.05, 0.1) is 0 Å². The Labute approximate surface area is 77.7 Å². The number of imide groups is 1. The second-order valence-electron chi connectivity index (χ2n) is 2.58. The quantitative estimate of drug-likeness (QED) is 0.723. The van der Waals surface area contributed by atoms with Gasteiger partial charge < -0.3 is 4.74 Å². The fraction of sp³-hybridized carbons (Fsp3) is 0.286. The first-order valence-electron chi connectivity index (χ1n) is 3.60. The van der Waals surface area contributed by atoms with E-state index < -0.39 is 18.1 Å². The largest absolute Gasteiger partial charge is 0.428 e. The number of ether oxygens (including phenoxy) is 1. The molecule has 68 valence electrons. The number of aromatic nitrogens is 1. The molecule has 1 aliphatic rings. The minimum atomic E-state index is -0.855. The van der Waals surface area contributed by atoms with E-state index in [0.29, 0.717) is 5.01 Å². The van der Waals surface area contributed by atoms with Gasteiger partial charge in [-0.3, -0.25) is 10.1 Å². The second-order valence-corrected chi connectivity index (χ2v) is 3.85. The summed E-state index contributed by atoms with van der Waals surface area (Å²) in [5.41, 5.74) is 0. The van der Waals surface area contributed by atoms with Crippen LogP contribution in [0.25, 0.3) is 0 Å². The normalized spacial score (nSPS) is 21.5. The van der Waals surface area contributed by atoms with Crippen LogP contribution in [0.1, 0.15) is 16.0 Å². The number of carbonyl (C=O) groups is 2. The summed E-state index contributed by atoms with van der Waals surface area (Å²) in [6.07, 6.45) is 0.0773. The number of alkyl carbamates (subject to hydrolysis) is 1. The van der Waals surface area contributed by atoms with E-state index in [9.17, 15) is 9.59 Å². The SMILES string of the molecule is Cc1cnc(C2OC(=O)NC2=O)s1. The first-order chi connectivity index (χ1) is 6.16. The smallest absolute Gasteiger partial charge is 0.415 e. The van der Waals surface area contributed by atoms with E-state index in [-0.39, 0.29) is 0 Å². The molecule has 2 heterocycles. The average molecular weight is 198 g/mol. The molecular weight excluding hydrogens is 192 g/mol. The number of carbonyl (C=O) groups excluding carboxylic acids is 2. The second kappa shape index (κ2) is 2.81. The predicted molar refractivity (Wildman–Crippen MR) is 44.2 cm³/mol. The number of amides is 2. The highest BCUT2D eigenvalue weighted by Crippen LogP contribution is 2.25. The fourth-order valence-electron chi connectivity index (χ4n) is 1.01. The van der Waals surface area contributed by atoms with Crippen molar-refractivity contribution in [2.45, 2.75) is 13.0 Å². The number of hydrogen-bond acceptors (Lipinski definition) is 5. The summed E-state index contributed by atoms with van der Waals surface area (Å²) in [6.45, 7) is 1.87. The van der Waals surface area contributed by atoms with Gasteiger partial charge in [0.1, 0.15) is 5.01 Å². The lowest BCUT2D eigenvalue weighted by Gasteiger charge is -1.99. The zero-order chi connectivity index (χ0) is 9.42. The molecule has 0 saturated carbocycles. The van der Waals surface area contributed by atoms with Crippen LogP contribution >= 0.6 is 11.3 Å². The van der Waals surface area contributed by atoms with Crippen LogP contribution in [-0.2, 0) is 9.53 Å². The summed E-state index contributed by atoms with van der Waals surface area (Å²) >= 11 is 1.34. The highest BCUT2D eigenvalue weighted by Gasteiger charge is 2.35. The van der Waals surface area contributed by atoms with E-state index in [2.05, 4.69) is 4.98 Å². The molecule has 0 aliphatic carbocycles. The molecule has 13 heavy (non-hydrogen) atoms. The molecule has 1 atom stereocenters. The lowest BCUT2D eigenvalue weighted by atomic mass is 10.4. The molecule has 1 aromatic heterocycles. The topological polar surface area (TPSA) is 68.3 Å². The molecule has 1 fully saturated rings. The van der Waals surface area contributed by atoms with Crippen LogP contribution in [0, 0.1) is 6.92 Å². The Morgan fingerprint density at radius 2 is 2.38 bits per heavy atom. The molecule has 0 radical (unpaired) electrons. The zero-order valence-electron chi connectivity index (χ0n) is 6.73. The Morgan fingerprint density at radius 1 is 1.62 bits per heavy atom. The van der Waals surface area contributed by atoms with Crippen molar-refractivity contribution < 1.29 is 14.3 Å². The third kappa shape index (κ3) is 1.40. The lowest BCUT2D eigenvalue weighted by molar-refractivity contribution is -0.123. The van der Waals surface area contributed by atoms with Crippen molar-refractivity contribution in [1.82, 2.24) is 10.3 Å². The van der Waals surface area contributed by atoms with Crippen molar-refractivity contribution in [3.05, 3.63) is 16.1 Å². The van der Waals surface area contributed by atoms with Gasteiger partial charge in [-0.1, -0.05) is 0 Å². The Bertz CT molecular complexity index is 374. The van der Waals surface area contributed by atoms with Gasteiger partial charge >= 0.3 is 6.09 Å². The zero-order valence-corrected chi connectivity index (χ0v) is 7.55. The van der Waals surface area contributed by atoms with Gasteiger partial charge in [-0.15, -0.1) is 11.3 Å². The van der Waals surface area contributed by atoms with Crippen molar-refractivity contribution in [2.75, 3.05) is 0 Å². The van der Waals surface area contributed by atoms with Crippen molar-refractivity contribution in [2.24, 2.45) is 0 Å². The van der Waals surface area contributed by atoms with E-state index in [1.165, 1.54) is 11.3 Å². The number of cyclic esters (lactones) is 1. The first-order valence-corrected chi connectivity index (χ1v) is 4.42. The van der Waals surface area contributed by atoms with Gasteiger partial charge in [0.15, 0.2) is 0 Å². The Kier molecular flexibility index (Phi) is 1.77. The summed E-state index contributed by atoms with van der Waals surface area (Å²) in [5.74, 6) is -0.445. The van der Waals surface area contributed by atoms with E-state index in [4.69, 9.17) is 4.74 Å². The summed E-state index contributed by atoms with van der Waals surface area (Å²) in [6, 6.07) is 0. The number of nitrogens with one attached hydrogen (secondary N) is 1. The van der Waals surface area contributed by atoms with E-state index in [1.807, 2.05) is 12.2 Å².